The molecule has 0 saturated carbocycles. The summed E-state index contributed by atoms with van der Waals surface area (Å²) in [5.74, 6) is -1.59. The van der Waals surface area contributed by atoms with E-state index < -0.39 is 18.0 Å². The van der Waals surface area contributed by atoms with Gasteiger partial charge in [-0.05, 0) is 12.0 Å². The molecule has 0 unspecified atom stereocenters. The van der Waals surface area contributed by atoms with Gasteiger partial charge in [-0.2, -0.15) is 0 Å². The Morgan fingerprint density at radius 1 is 1.50 bits per heavy atom. The zero-order valence-corrected chi connectivity index (χ0v) is 8.27. The molecule has 0 saturated heterocycles. The molecular formula is C9H15NO4. The zero-order valence-electron chi connectivity index (χ0n) is 8.27. The Balaban J connectivity index is 3.80. The van der Waals surface area contributed by atoms with Gasteiger partial charge in [0.05, 0.1) is 0 Å². The number of carboxylic acid groups (broad SMARTS) is 1. The normalized spacial score (nSPS) is 13.1. The van der Waals surface area contributed by atoms with Crippen LogP contribution in [0.2, 0.25) is 0 Å². The van der Waals surface area contributed by atoms with E-state index in [1.165, 1.54) is 6.08 Å². The number of aliphatic carboxylic acids is 1. The first-order chi connectivity index (χ1) is 6.45. The van der Waals surface area contributed by atoms with E-state index in [0.29, 0.717) is 0 Å². The molecule has 0 aliphatic rings. The fraction of sp³-hybridized carbons (Fsp3) is 0.556. The van der Waals surface area contributed by atoms with Gasteiger partial charge in [0.25, 0.3) is 0 Å². The molecule has 0 spiro atoms. The molecule has 0 amide bonds. The second-order valence-electron chi connectivity index (χ2n) is 3.14. The maximum Gasteiger partial charge on any atom is 0.328 e. The van der Waals surface area contributed by atoms with Crippen molar-refractivity contribution in [3.8, 4) is 0 Å². The highest BCUT2D eigenvalue weighted by molar-refractivity contribution is 5.80. The van der Waals surface area contributed by atoms with Gasteiger partial charge in [-0.15, -0.1) is 0 Å². The summed E-state index contributed by atoms with van der Waals surface area (Å²) in [5.41, 5.74) is 5.49. The molecule has 3 N–H and O–H groups in total. The largest absolute Gasteiger partial charge is 0.478 e. The minimum atomic E-state index is -1.07. The van der Waals surface area contributed by atoms with Gasteiger partial charge >= 0.3 is 11.9 Å². The van der Waals surface area contributed by atoms with E-state index >= 15 is 0 Å². The Morgan fingerprint density at radius 3 is 2.50 bits per heavy atom. The molecule has 0 aromatic rings. The predicted molar refractivity (Wildman–Crippen MR) is 50.5 cm³/mol. The quantitative estimate of drug-likeness (QED) is 0.488. The molecule has 0 aliphatic carbocycles. The van der Waals surface area contributed by atoms with Crippen LogP contribution in [0.4, 0.5) is 0 Å². The first-order valence-corrected chi connectivity index (χ1v) is 4.26. The molecule has 80 valence electrons. The topological polar surface area (TPSA) is 89.6 Å². The number of carboxylic acids is 1. The maximum atomic E-state index is 11.1. The first-order valence-electron chi connectivity index (χ1n) is 4.26. The van der Waals surface area contributed by atoms with Gasteiger partial charge in [-0.3, -0.25) is 4.79 Å². The zero-order chi connectivity index (χ0) is 11.1. The molecule has 0 fully saturated rings. The van der Waals surface area contributed by atoms with Crippen LogP contribution < -0.4 is 5.73 Å². The lowest BCUT2D eigenvalue weighted by atomic mass is 10.1. The summed E-state index contributed by atoms with van der Waals surface area (Å²) in [7, 11) is 0. The van der Waals surface area contributed by atoms with Gasteiger partial charge in [0, 0.05) is 6.08 Å². The van der Waals surface area contributed by atoms with Gasteiger partial charge in [0.1, 0.15) is 12.6 Å². The van der Waals surface area contributed by atoms with Gasteiger partial charge in [0.2, 0.25) is 0 Å². The Kier molecular flexibility index (Phi) is 5.55. The summed E-state index contributed by atoms with van der Waals surface area (Å²) < 4.78 is 4.70. The van der Waals surface area contributed by atoms with E-state index in [-0.39, 0.29) is 12.5 Å². The van der Waals surface area contributed by atoms with Crippen molar-refractivity contribution >= 4 is 11.9 Å². The van der Waals surface area contributed by atoms with E-state index in [4.69, 9.17) is 15.6 Å². The number of carbonyl (C=O) groups excluding carboxylic acids is 1. The van der Waals surface area contributed by atoms with Crippen LogP contribution in [0, 0.1) is 5.92 Å². The lowest BCUT2D eigenvalue weighted by molar-refractivity contribution is -0.145. The number of carbonyl (C=O) groups is 2. The third-order valence-electron chi connectivity index (χ3n) is 1.57. The van der Waals surface area contributed by atoms with Crippen molar-refractivity contribution in [2.45, 2.75) is 19.9 Å². The highest BCUT2D eigenvalue weighted by Crippen LogP contribution is 2.00. The van der Waals surface area contributed by atoms with E-state index in [2.05, 4.69) is 0 Å². The van der Waals surface area contributed by atoms with Crippen molar-refractivity contribution in [1.82, 2.24) is 0 Å². The fourth-order valence-electron chi connectivity index (χ4n) is 0.648. The third-order valence-corrected chi connectivity index (χ3v) is 1.57. The maximum absolute atomic E-state index is 11.1. The summed E-state index contributed by atoms with van der Waals surface area (Å²) in [5, 5.41) is 8.22. The molecule has 1 atom stereocenters. The minimum absolute atomic E-state index is 0.00551. The Labute approximate surface area is 82.5 Å². The number of nitrogens with two attached hydrogens (primary N) is 1. The number of hydrogen-bond acceptors (Lipinski definition) is 4. The third kappa shape index (κ3) is 5.31. The molecule has 0 aromatic heterocycles. The highest BCUT2D eigenvalue weighted by atomic mass is 16.5. The van der Waals surface area contributed by atoms with Crippen LogP contribution in [0.3, 0.4) is 0 Å². The van der Waals surface area contributed by atoms with Crippen LogP contribution in [-0.2, 0) is 14.3 Å². The summed E-state index contributed by atoms with van der Waals surface area (Å²) in [6.07, 6.45) is 2.15. The molecule has 0 heterocycles. The number of rotatable bonds is 5. The molecule has 5 heteroatoms. The molecule has 5 nitrogen and oxygen atoms in total. The van der Waals surface area contributed by atoms with Crippen molar-refractivity contribution in [3.05, 3.63) is 12.2 Å². The van der Waals surface area contributed by atoms with Gasteiger partial charge < -0.3 is 15.6 Å². The van der Waals surface area contributed by atoms with E-state index in [1.54, 1.807) is 13.8 Å². The van der Waals surface area contributed by atoms with Crippen LogP contribution in [0.5, 0.6) is 0 Å². The molecule has 0 aromatic carbocycles. The van der Waals surface area contributed by atoms with E-state index in [9.17, 15) is 9.59 Å². The van der Waals surface area contributed by atoms with Crippen LogP contribution in [-0.4, -0.2) is 29.7 Å². The van der Waals surface area contributed by atoms with Crippen molar-refractivity contribution in [1.29, 1.82) is 0 Å². The standard InChI is InChI=1S/C9H15NO4/c1-6(2)8(10)9(13)14-5-3-4-7(11)12/h3-4,6,8H,5,10H2,1-2H3,(H,11,12)/b4-3-/t8-/m0/s1. The molecule has 0 rings (SSSR count). The van der Waals surface area contributed by atoms with Gasteiger partial charge in [0.15, 0.2) is 0 Å². The molecule has 0 bridgehead atoms. The fourth-order valence-corrected chi connectivity index (χ4v) is 0.648. The lowest BCUT2D eigenvalue weighted by Gasteiger charge is -2.13. The van der Waals surface area contributed by atoms with Crippen molar-refractivity contribution in [2.24, 2.45) is 11.7 Å². The minimum Gasteiger partial charge on any atom is -0.478 e. The van der Waals surface area contributed by atoms with Crippen LogP contribution in [0.15, 0.2) is 12.2 Å². The second kappa shape index (κ2) is 6.15. The number of esters is 1. The summed E-state index contributed by atoms with van der Waals surface area (Å²) in [6, 6.07) is -0.659. The Bertz CT molecular complexity index is 235. The van der Waals surface area contributed by atoms with Crippen LogP contribution in [0.1, 0.15) is 13.8 Å². The molecular weight excluding hydrogens is 186 g/mol. The Hall–Kier alpha value is -1.36. The second-order valence-corrected chi connectivity index (χ2v) is 3.14. The molecule has 14 heavy (non-hydrogen) atoms. The predicted octanol–water partition coefficient (Wildman–Crippen LogP) is 0.154. The van der Waals surface area contributed by atoms with E-state index in [0.717, 1.165) is 6.08 Å². The van der Waals surface area contributed by atoms with Crippen molar-refractivity contribution in [3.63, 3.8) is 0 Å². The van der Waals surface area contributed by atoms with Crippen molar-refractivity contribution in [2.75, 3.05) is 6.61 Å². The van der Waals surface area contributed by atoms with Crippen molar-refractivity contribution < 1.29 is 19.4 Å². The lowest BCUT2D eigenvalue weighted by Crippen LogP contribution is -2.37. The smallest absolute Gasteiger partial charge is 0.328 e. The van der Waals surface area contributed by atoms with Gasteiger partial charge in [-0.1, -0.05) is 13.8 Å². The monoisotopic (exact) mass is 201 g/mol. The average molecular weight is 201 g/mol. The van der Waals surface area contributed by atoms with Crippen LogP contribution >= 0.6 is 0 Å². The summed E-state index contributed by atoms with van der Waals surface area (Å²) in [4.78, 5) is 21.1. The Morgan fingerprint density at radius 2 is 2.07 bits per heavy atom. The highest BCUT2D eigenvalue weighted by Gasteiger charge is 2.17. The average Bonchev–Trinajstić information content (AvgIpc) is 2.10. The number of hydrogen-bond donors (Lipinski definition) is 2. The SMILES string of the molecule is CC(C)[C@H](N)C(=O)OC/C=C\C(=O)O. The van der Waals surface area contributed by atoms with Crippen LogP contribution in [0.25, 0.3) is 0 Å². The summed E-state index contributed by atoms with van der Waals surface area (Å²) in [6.45, 7) is 3.55. The van der Waals surface area contributed by atoms with E-state index in [1.807, 2.05) is 0 Å². The first kappa shape index (κ1) is 12.6. The molecule has 0 radical (unpaired) electrons. The van der Waals surface area contributed by atoms with Gasteiger partial charge in [-0.25, -0.2) is 4.79 Å². The number of ether oxygens (including phenoxy) is 1. The summed E-state index contributed by atoms with van der Waals surface area (Å²) >= 11 is 0. The molecule has 0 aliphatic heterocycles.